The van der Waals surface area contributed by atoms with Crippen LogP contribution in [-0.2, 0) is 0 Å². The molecule has 0 aliphatic carbocycles. The SMILES string of the molecule is NC(N)=O.O=[N+]([O-])[O-].[K+]. The predicted molar refractivity (Wildman–Crippen MR) is 24.1 cm³/mol. The van der Waals surface area contributed by atoms with Gasteiger partial charge in [-0.05, 0) is 0 Å². The van der Waals surface area contributed by atoms with Gasteiger partial charge in [-0.3, -0.25) is 0 Å². The van der Waals surface area contributed by atoms with Crippen LogP contribution in [0.1, 0.15) is 0 Å². The molecular weight excluding hydrogens is 157 g/mol. The average Bonchev–Trinajstić information content (AvgIpc) is 1.25. The maximum absolute atomic E-state index is 9.00. The van der Waals surface area contributed by atoms with Crippen molar-refractivity contribution in [2.24, 2.45) is 11.5 Å². The summed E-state index contributed by atoms with van der Waals surface area (Å²) in [6, 6.07) is -0.833. The van der Waals surface area contributed by atoms with E-state index in [1.54, 1.807) is 0 Å². The molecule has 0 spiro atoms. The third-order valence-corrected chi connectivity index (χ3v) is 0. The van der Waals surface area contributed by atoms with Crippen LogP contribution in [0.5, 0.6) is 0 Å². The summed E-state index contributed by atoms with van der Waals surface area (Å²) in [6.45, 7) is 0. The summed E-state index contributed by atoms with van der Waals surface area (Å²) < 4.78 is 0. The maximum atomic E-state index is 9.00. The summed E-state index contributed by atoms with van der Waals surface area (Å²) in [5, 5.41) is 14.8. The van der Waals surface area contributed by atoms with Gasteiger partial charge in [0, 0.05) is 0 Å². The van der Waals surface area contributed by atoms with Crippen LogP contribution in [0, 0.1) is 15.3 Å². The van der Waals surface area contributed by atoms with E-state index in [0.29, 0.717) is 0 Å². The van der Waals surface area contributed by atoms with Crippen molar-refractivity contribution in [1.29, 1.82) is 0 Å². The van der Waals surface area contributed by atoms with Crippen LogP contribution < -0.4 is 62.9 Å². The van der Waals surface area contributed by atoms with Gasteiger partial charge in [0.1, 0.15) is 0 Å². The second kappa shape index (κ2) is 11.0. The van der Waals surface area contributed by atoms with Crippen LogP contribution >= 0.6 is 0 Å². The molecule has 0 heterocycles. The van der Waals surface area contributed by atoms with E-state index in [1.165, 1.54) is 0 Å². The number of hydrogen-bond donors (Lipinski definition) is 2. The molecule has 0 rings (SSSR count). The zero-order valence-corrected chi connectivity index (χ0v) is 7.86. The van der Waals surface area contributed by atoms with Crippen LogP contribution in [0.2, 0.25) is 0 Å². The molecule has 0 aromatic heterocycles. The Morgan fingerprint density at radius 3 is 1.33 bits per heavy atom. The van der Waals surface area contributed by atoms with Crippen molar-refractivity contribution in [2.45, 2.75) is 0 Å². The quantitative estimate of drug-likeness (QED) is 0.211. The molecule has 0 aliphatic rings. The summed E-state index contributed by atoms with van der Waals surface area (Å²) in [5.74, 6) is 0. The molecule has 0 aromatic rings. The van der Waals surface area contributed by atoms with Gasteiger partial charge in [0.25, 0.3) is 0 Å². The molecule has 0 radical (unpaired) electrons. The van der Waals surface area contributed by atoms with E-state index in [-0.39, 0.29) is 51.4 Å². The Morgan fingerprint density at radius 2 is 1.33 bits per heavy atom. The molecule has 0 atom stereocenters. The zero-order valence-electron chi connectivity index (χ0n) is 4.73. The van der Waals surface area contributed by atoms with E-state index in [1.807, 2.05) is 0 Å². The summed E-state index contributed by atoms with van der Waals surface area (Å²) in [4.78, 5) is 17.2. The molecule has 48 valence electrons. The van der Waals surface area contributed by atoms with Crippen molar-refractivity contribution < 1.29 is 61.3 Å². The fourth-order valence-corrected chi connectivity index (χ4v) is 0. The van der Waals surface area contributed by atoms with Gasteiger partial charge >= 0.3 is 57.4 Å². The van der Waals surface area contributed by atoms with E-state index in [0.717, 1.165) is 0 Å². The van der Waals surface area contributed by atoms with Gasteiger partial charge in [0.05, 0.1) is 5.09 Å². The Labute approximate surface area is 92.9 Å². The van der Waals surface area contributed by atoms with Gasteiger partial charge in [0.2, 0.25) is 0 Å². The van der Waals surface area contributed by atoms with Gasteiger partial charge in [-0.15, -0.1) is 0 Å². The molecule has 0 aromatic carbocycles. The number of amides is 2. The van der Waals surface area contributed by atoms with Crippen molar-refractivity contribution >= 4 is 6.03 Å². The topological polar surface area (TPSA) is 135 Å². The molecule has 0 saturated carbocycles. The second-order valence-corrected chi connectivity index (χ2v) is 0.626. The van der Waals surface area contributed by atoms with Crippen molar-refractivity contribution in [2.75, 3.05) is 0 Å². The standard InChI is InChI=1S/CH4N2O.K.NO3/c2-1(3)4;;2-1(3)4/h(H4,2,3,4);;/q;+1;-1. The van der Waals surface area contributed by atoms with Gasteiger partial charge in [-0.1, -0.05) is 0 Å². The summed E-state index contributed by atoms with van der Waals surface area (Å²) in [5.41, 5.74) is 8.50. The minimum Gasteiger partial charge on any atom is -0.356 e. The van der Waals surface area contributed by atoms with Crippen molar-refractivity contribution in [3.05, 3.63) is 15.3 Å². The van der Waals surface area contributed by atoms with Crippen LogP contribution in [0.4, 0.5) is 4.79 Å². The number of carbonyl (C=O) groups is 1. The number of hydrogen-bond acceptors (Lipinski definition) is 4. The van der Waals surface area contributed by atoms with Crippen LogP contribution in [0.25, 0.3) is 0 Å². The normalized spacial score (nSPS) is 5.33. The summed E-state index contributed by atoms with van der Waals surface area (Å²) >= 11 is 0. The summed E-state index contributed by atoms with van der Waals surface area (Å²) in [7, 11) is 0. The Morgan fingerprint density at radius 1 is 1.33 bits per heavy atom. The molecule has 2 amide bonds. The Bertz CT molecular complexity index is 73.8. The molecule has 0 unspecified atom stereocenters. The predicted octanol–water partition coefficient (Wildman–Crippen LogP) is -4.21. The maximum Gasteiger partial charge on any atom is 1.00 e. The number of nitrogens with two attached hydrogens (primary N) is 2. The molecule has 0 fully saturated rings. The first kappa shape index (κ1) is 16.0. The van der Waals surface area contributed by atoms with Gasteiger partial charge < -0.3 is 26.8 Å². The van der Waals surface area contributed by atoms with Crippen LogP contribution in [0.15, 0.2) is 0 Å². The second-order valence-electron chi connectivity index (χ2n) is 0.626. The molecule has 0 saturated heterocycles. The number of primary amides is 2. The molecular formula is CH4KN3O4. The minimum absolute atomic E-state index is 0. The van der Waals surface area contributed by atoms with E-state index in [9.17, 15) is 0 Å². The molecule has 0 aliphatic heterocycles. The number of carbonyl (C=O) groups excluding carboxylic acids is 1. The molecule has 9 heavy (non-hydrogen) atoms. The fourth-order valence-electron chi connectivity index (χ4n) is 0. The van der Waals surface area contributed by atoms with Gasteiger partial charge in [0.15, 0.2) is 0 Å². The number of nitrogens with zero attached hydrogens (tertiary/aromatic N) is 1. The first-order chi connectivity index (χ1) is 3.46. The smallest absolute Gasteiger partial charge is 0.356 e. The molecule has 7 nitrogen and oxygen atoms in total. The third-order valence-electron chi connectivity index (χ3n) is 0. The van der Waals surface area contributed by atoms with Crippen molar-refractivity contribution in [3.8, 4) is 0 Å². The minimum atomic E-state index is -1.75. The van der Waals surface area contributed by atoms with Gasteiger partial charge in [-0.2, -0.15) is 0 Å². The largest absolute Gasteiger partial charge is 1.00 e. The monoisotopic (exact) mass is 161 g/mol. The Kier molecular flexibility index (Phi) is 19.6. The van der Waals surface area contributed by atoms with E-state index < -0.39 is 11.1 Å². The zero-order chi connectivity index (χ0) is 7.15. The average molecular weight is 161 g/mol. The van der Waals surface area contributed by atoms with Crippen molar-refractivity contribution in [3.63, 3.8) is 0 Å². The molecule has 8 heteroatoms. The van der Waals surface area contributed by atoms with Crippen molar-refractivity contribution in [1.82, 2.24) is 0 Å². The Balaban J connectivity index is -0.0000000720. The fraction of sp³-hybridized carbons (Fsp3) is 0. The number of urea groups is 1. The Hall–Kier alpha value is 0.106. The first-order valence-corrected chi connectivity index (χ1v) is 1.33. The van der Waals surface area contributed by atoms with Crippen LogP contribution in [-0.4, -0.2) is 11.1 Å². The number of rotatable bonds is 0. The summed E-state index contributed by atoms with van der Waals surface area (Å²) in [6.07, 6.45) is 0. The molecule has 4 N–H and O–H groups in total. The van der Waals surface area contributed by atoms with Gasteiger partial charge in [-0.25, -0.2) is 4.79 Å². The molecule has 0 bridgehead atoms. The van der Waals surface area contributed by atoms with E-state index in [4.69, 9.17) is 20.1 Å². The van der Waals surface area contributed by atoms with E-state index in [2.05, 4.69) is 11.5 Å². The third kappa shape index (κ3) is 26700. The van der Waals surface area contributed by atoms with Crippen LogP contribution in [0.3, 0.4) is 0 Å². The van der Waals surface area contributed by atoms with E-state index >= 15 is 0 Å². The first-order valence-electron chi connectivity index (χ1n) is 1.33.